The molecule has 0 aliphatic heterocycles. The third-order valence-corrected chi connectivity index (χ3v) is 2.59. The molecule has 0 amide bonds. The summed E-state index contributed by atoms with van der Waals surface area (Å²) in [4.78, 5) is 2.14. The predicted octanol–water partition coefficient (Wildman–Crippen LogP) is 2.21. The monoisotopic (exact) mass is 223 g/mol. The van der Waals surface area contributed by atoms with Gasteiger partial charge in [0.25, 0.3) is 0 Å². The van der Waals surface area contributed by atoms with E-state index < -0.39 is 6.10 Å². The number of rotatable bonds is 6. The van der Waals surface area contributed by atoms with E-state index in [4.69, 9.17) is 4.74 Å². The number of nitrogens with zero attached hydrogens (tertiary/aromatic N) is 1. The Morgan fingerprint density at radius 2 is 1.94 bits per heavy atom. The molecule has 3 heteroatoms. The first-order valence-corrected chi connectivity index (χ1v) is 5.72. The molecule has 0 bridgehead atoms. The fraction of sp³-hybridized carbons (Fsp3) is 0.538. The van der Waals surface area contributed by atoms with Crippen molar-refractivity contribution in [2.24, 2.45) is 0 Å². The molecule has 1 rings (SSSR count). The molecule has 1 aromatic carbocycles. The van der Waals surface area contributed by atoms with Crippen LogP contribution in [0.15, 0.2) is 24.3 Å². The number of anilines is 1. The largest absolute Gasteiger partial charge is 0.389 e. The SMILES string of the molecule is CCOCCN(C)c1ccc(C(C)O)cc1. The Morgan fingerprint density at radius 1 is 1.31 bits per heavy atom. The van der Waals surface area contributed by atoms with E-state index in [-0.39, 0.29) is 0 Å². The molecule has 1 atom stereocenters. The van der Waals surface area contributed by atoms with Gasteiger partial charge in [0, 0.05) is 25.9 Å². The van der Waals surface area contributed by atoms with Gasteiger partial charge in [0.2, 0.25) is 0 Å². The summed E-state index contributed by atoms with van der Waals surface area (Å²) in [5.74, 6) is 0. The van der Waals surface area contributed by atoms with E-state index in [0.29, 0.717) is 0 Å². The van der Waals surface area contributed by atoms with Crippen LogP contribution in [0.4, 0.5) is 5.69 Å². The standard InChI is InChI=1S/C13H21NO2/c1-4-16-10-9-14(3)13-7-5-12(6-8-13)11(2)15/h5-8,11,15H,4,9-10H2,1-3H3. The highest BCUT2D eigenvalue weighted by molar-refractivity contribution is 5.47. The molecule has 16 heavy (non-hydrogen) atoms. The molecule has 0 fully saturated rings. The van der Waals surface area contributed by atoms with Gasteiger partial charge in [-0.1, -0.05) is 12.1 Å². The van der Waals surface area contributed by atoms with Crippen LogP contribution >= 0.6 is 0 Å². The van der Waals surface area contributed by atoms with Crippen LogP contribution < -0.4 is 4.90 Å². The van der Waals surface area contributed by atoms with Gasteiger partial charge >= 0.3 is 0 Å². The van der Waals surface area contributed by atoms with Crippen LogP contribution in [-0.4, -0.2) is 31.9 Å². The Hall–Kier alpha value is -1.06. The summed E-state index contributed by atoms with van der Waals surface area (Å²) < 4.78 is 5.31. The van der Waals surface area contributed by atoms with E-state index in [0.717, 1.165) is 31.0 Å². The normalized spacial score (nSPS) is 12.5. The van der Waals surface area contributed by atoms with E-state index in [9.17, 15) is 5.11 Å². The Morgan fingerprint density at radius 3 is 2.44 bits per heavy atom. The van der Waals surface area contributed by atoms with Gasteiger partial charge in [-0.15, -0.1) is 0 Å². The lowest BCUT2D eigenvalue weighted by Gasteiger charge is -2.19. The van der Waals surface area contributed by atoms with Gasteiger partial charge in [0.15, 0.2) is 0 Å². The van der Waals surface area contributed by atoms with Gasteiger partial charge < -0.3 is 14.7 Å². The summed E-state index contributed by atoms with van der Waals surface area (Å²) in [6.07, 6.45) is -0.400. The molecule has 0 saturated carbocycles. The van der Waals surface area contributed by atoms with E-state index in [1.807, 2.05) is 38.2 Å². The molecule has 0 aliphatic carbocycles. The first-order chi connectivity index (χ1) is 7.65. The maximum absolute atomic E-state index is 9.39. The molecule has 1 unspecified atom stereocenters. The third-order valence-electron chi connectivity index (χ3n) is 2.59. The van der Waals surface area contributed by atoms with Crippen molar-refractivity contribution in [3.05, 3.63) is 29.8 Å². The zero-order chi connectivity index (χ0) is 12.0. The second kappa shape index (κ2) is 6.51. The minimum Gasteiger partial charge on any atom is -0.389 e. The summed E-state index contributed by atoms with van der Waals surface area (Å²) in [5, 5.41) is 9.39. The topological polar surface area (TPSA) is 32.7 Å². The molecular formula is C13H21NO2. The third kappa shape index (κ3) is 3.83. The lowest BCUT2D eigenvalue weighted by Crippen LogP contribution is -2.22. The Balaban J connectivity index is 2.52. The van der Waals surface area contributed by atoms with Crippen LogP contribution in [0.5, 0.6) is 0 Å². The number of ether oxygens (including phenoxy) is 1. The van der Waals surface area contributed by atoms with Gasteiger partial charge in [0.05, 0.1) is 12.7 Å². The first kappa shape index (κ1) is 13.0. The van der Waals surface area contributed by atoms with Gasteiger partial charge in [0.1, 0.15) is 0 Å². The highest BCUT2D eigenvalue weighted by atomic mass is 16.5. The molecule has 0 radical (unpaired) electrons. The van der Waals surface area contributed by atoms with Crippen LogP contribution in [-0.2, 0) is 4.74 Å². The number of hydrogen-bond acceptors (Lipinski definition) is 3. The molecule has 90 valence electrons. The fourth-order valence-electron chi connectivity index (χ4n) is 1.48. The van der Waals surface area contributed by atoms with E-state index in [2.05, 4.69) is 4.90 Å². The average Bonchev–Trinajstić information content (AvgIpc) is 2.29. The van der Waals surface area contributed by atoms with Crippen molar-refractivity contribution in [2.75, 3.05) is 31.7 Å². The second-order valence-electron chi connectivity index (χ2n) is 3.89. The highest BCUT2D eigenvalue weighted by Gasteiger charge is 2.03. The summed E-state index contributed by atoms with van der Waals surface area (Å²) in [6.45, 7) is 6.15. The van der Waals surface area contributed by atoms with Crippen molar-refractivity contribution in [1.29, 1.82) is 0 Å². The molecule has 0 saturated heterocycles. The smallest absolute Gasteiger partial charge is 0.0761 e. The Labute approximate surface area is 97.7 Å². The van der Waals surface area contributed by atoms with Gasteiger partial charge in [-0.05, 0) is 31.5 Å². The molecule has 0 aromatic heterocycles. The fourth-order valence-corrected chi connectivity index (χ4v) is 1.48. The van der Waals surface area contributed by atoms with Crippen LogP contribution in [0.3, 0.4) is 0 Å². The zero-order valence-corrected chi connectivity index (χ0v) is 10.3. The minimum absolute atomic E-state index is 0.400. The number of hydrogen-bond donors (Lipinski definition) is 1. The van der Waals surface area contributed by atoms with Crippen molar-refractivity contribution in [3.8, 4) is 0 Å². The maximum atomic E-state index is 9.39. The van der Waals surface area contributed by atoms with Crippen LogP contribution in [0.2, 0.25) is 0 Å². The van der Waals surface area contributed by atoms with Crippen molar-refractivity contribution < 1.29 is 9.84 Å². The minimum atomic E-state index is -0.400. The van der Waals surface area contributed by atoms with Gasteiger partial charge in [-0.3, -0.25) is 0 Å². The van der Waals surface area contributed by atoms with E-state index in [1.165, 1.54) is 0 Å². The Bertz CT molecular complexity index is 295. The van der Waals surface area contributed by atoms with Gasteiger partial charge in [-0.25, -0.2) is 0 Å². The molecule has 0 aliphatic rings. The van der Waals surface area contributed by atoms with Crippen LogP contribution in [0.25, 0.3) is 0 Å². The molecular weight excluding hydrogens is 202 g/mol. The second-order valence-corrected chi connectivity index (χ2v) is 3.89. The predicted molar refractivity (Wildman–Crippen MR) is 66.8 cm³/mol. The number of likely N-dealkylation sites (N-methyl/N-ethyl adjacent to an activating group) is 1. The molecule has 1 aromatic rings. The summed E-state index contributed by atoms with van der Waals surface area (Å²) in [7, 11) is 2.04. The van der Waals surface area contributed by atoms with Crippen molar-refractivity contribution in [1.82, 2.24) is 0 Å². The van der Waals surface area contributed by atoms with Gasteiger partial charge in [-0.2, -0.15) is 0 Å². The molecule has 1 N–H and O–H groups in total. The number of aliphatic hydroxyl groups excluding tert-OH is 1. The maximum Gasteiger partial charge on any atom is 0.0761 e. The lowest BCUT2D eigenvalue weighted by atomic mass is 10.1. The highest BCUT2D eigenvalue weighted by Crippen LogP contribution is 2.17. The number of aliphatic hydroxyl groups is 1. The van der Waals surface area contributed by atoms with Crippen LogP contribution in [0, 0.1) is 0 Å². The quantitative estimate of drug-likeness (QED) is 0.751. The molecule has 0 heterocycles. The van der Waals surface area contributed by atoms with E-state index >= 15 is 0 Å². The van der Waals surface area contributed by atoms with Crippen molar-refractivity contribution in [2.45, 2.75) is 20.0 Å². The molecule has 3 nitrogen and oxygen atoms in total. The Kier molecular flexibility index (Phi) is 5.29. The number of benzene rings is 1. The van der Waals surface area contributed by atoms with Crippen molar-refractivity contribution in [3.63, 3.8) is 0 Å². The van der Waals surface area contributed by atoms with E-state index in [1.54, 1.807) is 6.92 Å². The van der Waals surface area contributed by atoms with Crippen molar-refractivity contribution >= 4 is 5.69 Å². The lowest BCUT2D eigenvalue weighted by molar-refractivity contribution is 0.154. The average molecular weight is 223 g/mol. The first-order valence-electron chi connectivity index (χ1n) is 5.72. The summed E-state index contributed by atoms with van der Waals surface area (Å²) >= 11 is 0. The zero-order valence-electron chi connectivity index (χ0n) is 10.3. The summed E-state index contributed by atoms with van der Waals surface area (Å²) in [6, 6.07) is 7.95. The summed E-state index contributed by atoms with van der Waals surface area (Å²) in [5.41, 5.74) is 2.09. The molecule has 0 spiro atoms. The van der Waals surface area contributed by atoms with Crippen LogP contribution in [0.1, 0.15) is 25.5 Å².